The third kappa shape index (κ3) is 5.07. The molecule has 29 heavy (non-hydrogen) atoms. The van der Waals surface area contributed by atoms with Gasteiger partial charge in [0.25, 0.3) is 0 Å². The summed E-state index contributed by atoms with van der Waals surface area (Å²) in [4.78, 5) is 16.7. The SMILES string of the molecule is Cc1ccc(-c2noc(CCC(=O)Nc3cccc(S(=O)(=O)N(C)C)c3)n2)cc1. The highest BCUT2D eigenvalue weighted by atomic mass is 32.2. The maximum Gasteiger partial charge on any atom is 0.242 e. The van der Waals surface area contributed by atoms with Crippen molar-refractivity contribution in [3.8, 4) is 11.4 Å². The summed E-state index contributed by atoms with van der Waals surface area (Å²) in [5.41, 5.74) is 2.38. The second kappa shape index (κ2) is 8.54. The van der Waals surface area contributed by atoms with Crippen molar-refractivity contribution in [3.63, 3.8) is 0 Å². The van der Waals surface area contributed by atoms with Gasteiger partial charge in [-0.05, 0) is 25.1 Å². The van der Waals surface area contributed by atoms with Crippen LogP contribution in [-0.4, -0.2) is 42.9 Å². The molecule has 0 spiro atoms. The minimum absolute atomic E-state index is 0.111. The molecule has 0 bridgehead atoms. The van der Waals surface area contributed by atoms with E-state index in [9.17, 15) is 13.2 Å². The summed E-state index contributed by atoms with van der Waals surface area (Å²) < 4.78 is 30.7. The van der Waals surface area contributed by atoms with Crippen molar-refractivity contribution in [1.82, 2.24) is 14.4 Å². The van der Waals surface area contributed by atoms with Crippen LogP contribution < -0.4 is 5.32 Å². The van der Waals surface area contributed by atoms with Crippen molar-refractivity contribution < 1.29 is 17.7 Å². The number of nitrogens with zero attached hydrogens (tertiary/aromatic N) is 3. The Kier molecular flexibility index (Phi) is 6.09. The Morgan fingerprint density at radius 3 is 2.55 bits per heavy atom. The lowest BCUT2D eigenvalue weighted by Crippen LogP contribution is -2.22. The number of aryl methyl sites for hydroxylation is 2. The van der Waals surface area contributed by atoms with Crippen molar-refractivity contribution in [2.75, 3.05) is 19.4 Å². The zero-order valence-corrected chi connectivity index (χ0v) is 17.2. The van der Waals surface area contributed by atoms with Crippen molar-refractivity contribution >= 4 is 21.6 Å². The fraction of sp³-hybridized carbons (Fsp3) is 0.250. The van der Waals surface area contributed by atoms with Gasteiger partial charge in [-0.25, -0.2) is 12.7 Å². The molecular weight excluding hydrogens is 392 g/mol. The number of aromatic nitrogens is 2. The number of sulfonamides is 1. The van der Waals surface area contributed by atoms with Gasteiger partial charge in [0.2, 0.25) is 27.6 Å². The number of rotatable bonds is 7. The lowest BCUT2D eigenvalue weighted by Gasteiger charge is -2.12. The molecule has 2 aromatic carbocycles. The molecule has 152 valence electrons. The molecule has 0 radical (unpaired) electrons. The quantitative estimate of drug-likeness (QED) is 0.637. The number of anilines is 1. The molecule has 0 saturated heterocycles. The van der Waals surface area contributed by atoms with E-state index in [1.54, 1.807) is 12.1 Å². The molecule has 0 aliphatic rings. The Bertz CT molecular complexity index is 1110. The van der Waals surface area contributed by atoms with Crippen LogP contribution in [0, 0.1) is 6.92 Å². The summed E-state index contributed by atoms with van der Waals surface area (Å²) in [5, 5.41) is 6.64. The van der Waals surface area contributed by atoms with Crippen LogP contribution in [0.3, 0.4) is 0 Å². The summed E-state index contributed by atoms with van der Waals surface area (Å²) in [6.45, 7) is 2.00. The first-order valence-corrected chi connectivity index (χ1v) is 10.4. The molecule has 0 aliphatic carbocycles. The molecular formula is C20H22N4O4S. The molecule has 0 aliphatic heterocycles. The standard InChI is InChI=1S/C20H22N4O4S/c1-14-7-9-15(10-8-14)20-22-19(28-23-20)12-11-18(25)21-16-5-4-6-17(13-16)29(26,27)24(2)3/h4-10,13H,11-12H2,1-3H3,(H,21,25). The van der Waals surface area contributed by atoms with Crippen LogP contribution in [0.5, 0.6) is 0 Å². The Balaban J connectivity index is 1.60. The van der Waals surface area contributed by atoms with Crippen LogP contribution in [-0.2, 0) is 21.2 Å². The average Bonchev–Trinajstić information content (AvgIpc) is 3.16. The van der Waals surface area contributed by atoms with E-state index < -0.39 is 10.0 Å². The van der Waals surface area contributed by atoms with E-state index >= 15 is 0 Å². The van der Waals surface area contributed by atoms with E-state index in [4.69, 9.17) is 4.52 Å². The van der Waals surface area contributed by atoms with Crippen LogP contribution in [0.25, 0.3) is 11.4 Å². The first kappa shape index (κ1) is 20.7. The molecule has 1 amide bonds. The summed E-state index contributed by atoms with van der Waals surface area (Å²) >= 11 is 0. The highest BCUT2D eigenvalue weighted by Gasteiger charge is 2.18. The van der Waals surface area contributed by atoms with Crippen molar-refractivity contribution in [1.29, 1.82) is 0 Å². The first-order valence-electron chi connectivity index (χ1n) is 8.98. The zero-order chi connectivity index (χ0) is 21.0. The van der Waals surface area contributed by atoms with Gasteiger partial charge in [0.1, 0.15) is 0 Å². The Morgan fingerprint density at radius 2 is 1.86 bits per heavy atom. The van der Waals surface area contributed by atoms with Crippen LogP contribution >= 0.6 is 0 Å². The molecule has 9 heteroatoms. The smallest absolute Gasteiger partial charge is 0.242 e. The molecule has 0 atom stereocenters. The third-order valence-corrected chi connectivity index (χ3v) is 6.05. The van der Waals surface area contributed by atoms with Crippen molar-refractivity contribution in [2.45, 2.75) is 24.7 Å². The van der Waals surface area contributed by atoms with Gasteiger partial charge in [-0.3, -0.25) is 4.79 Å². The van der Waals surface area contributed by atoms with E-state index in [0.717, 1.165) is 15.4 Å². The van der Waals surface area contributed by atoms with Gasteiger partial charge in [0.15, 0.2) is 0 Å². The highest BCUT2D eigenvalue weighted by Crippen LogP contribution is 2.19. The summed E-state index contributed by atoms with van der Waals surface area (Å²) in [6.07, 6.45) is 0.403. The molecule has 0 unspecified atom stereocenters. The van der Waals surface area contributed by atoms with E-state index in [0.29, 0.717) is 17.4 Å². The van der Waals surface area contributed by atoms with Crippen LogP contribution in [0.2, 0.25) is 0 Å². The van der Waals surface area contributed by atoms with E-state index in [-0.39, 0.29) is 23.6 Å². The Labute approximate surface area is 169 Å². The van der Waals surface area contributed by atoms with Gasteiger partial charge >= 0.3 is 0 Å². The second-order valence-electron chi connectivity index (χ2n) is 6.74. The predicted octanol–water partition coefficient (Wildman–Crippen LogP) is 2.87. The maximum absolute atomic E-state index is 12.2. The van der Waals surface area contributed by atoms with E-state index in [2.05, 4.69) is 15.5 Å². The number of carbonyl (C=O) groups excluding carboxylic acids is 1. The summed E-state index contributed by atoms with van der Waals surface area (Å²) in [6, 6.07) is 13.9. The number of benzene rings is 2. The highest BCUT2D eigenvalue weighted by molar-refractivity contribution is 7.89. The van der Waals surface area contributed by atoms with E-state index in [1.165, 1.54) is 26.2 Å². The fourth-order valence-corrected chi connectivity index (χ4v) is 3.51. The largest absolute Gasteiger partial charge is 0.339 e. The Morgan fingerprint density at radius 1 is 1.14 bits per heavy atom. The summed E-state index contributed by atoms with van der Waals surface area (Å²) in [7, 11) is -0.660. The van der Waals surface area contributed by atoms with Crippen LogP contribution in [0.15, 0.2) is 57.9 Å². The third-order valence-electron chi connectivity index (χ3n) is 4.24. The first-order chi connectivity index (χ1) is 13.8. The number of carbonyl (C=O) groups is 1. The number of hydrogen-bond donors (Lipinski definition) is 1. The molecule has 0 fully saturated rings. The zero-order valence-electron chi connectivity index (χ0n) is 16.4. The van der Waals surface area contributed by atoms with Crippen LogP contribution in [0.4, 0.5) is 5.69 Å². The molecule has 1 aromatic heterocycles. The number of nitrogens with one attached hydrogen (secondary N) is 1. The van der Waals surface area contributed by atoms with Gasteiger partial charge in [-0.2, -0.15) is 4.98 Å². The fourth-order valence-electron chi connectivity index (χ4n) is 2.57. The second-order valence-corrected chi connectivity index (χ2v) is 8.89. The van der Waals surface area contributed by atoms with Gasteiger partial charge in [-0.15, -0.1) is 0 Å². The molecule has 8 nitrogen and oxygen atoms in total. The van der Waals surface area contributed by atoms with Crippen molar-refractivity contribution in [2.24, 2.45) is 0 Å². The van der Waals surface area contributed by atoms with E-state index in [1.807, 2.05) is 31.2 Å². The Hall–Kier alpha value is -3.04. The lowest BCUT2D eigenvalue weighted by atomic mass is 10.1. The minimum atomic E-state index is -3.57. The van der Waals surface area contributed by atoms with Gasteiger partial charge in [0.05, 0.1) is 4.90 Å². The predicted molar refractivity (Wildman–Crippen MR) is 109 cm³/mol. The van der Waals surface area contributed by atoms with Gasteiger partial charge in [-0.1, -0.05) is 41.1 Å². The monoisotopic (exact) mass is 414 g/mol. The lowest BCUT2D eigenvalue weighted by molar-refractivity contribution is -0.116. The molecule has 3 aromatic rings. The van der Waals surface area contributed by atoms with Crippen LogP contribution in [0.1, 0.15) is 17.9 Å². The topological polar surface area (TPSA) is 105 Å². The average molecular weight is 414 g/mol. The van der Waals surface area contributed by atoms with Crippen molar-refractivity contribution in [3.05, 3.63) is 60.0 Å². The van der Waals surface area contributed by atoms with Gasteiger partial charge < -0.3 is 9.84 Å². The molecule has 1 N–H and O–H groups in total. The molecule has 3 rings (SSSR count). The summed E-state index contributed by atoms with van der Waals surface area (Å²) in [5.74, 6) is 0.557. The number of hydrogen-bond acceptors (Lipinski definition) is 6. The molecule has 0 saturated carbocycles. The minimum Gasteiger partial charge on any atom is -0.339 e. The number of amides is 1. The maximum atomic E-state index is 12.2. The molecule has 1 heterocycles. The van der Waals surface area contributed by atoms with Gasteiger partial charge in [0, 0.05) is 38.2 Å². The normalized spacial score (nSPS) is 11.6.